The van der Waals surface area contributed by atoms with Crippen molar-refractivity contribution in [3.8, 4) is 28.0 Å². The minimum absolute atomic E-state index is 0.0267. The largest absolute Gasteiger partial charge is 0.459 e. The molecule has 0 saturated carbocycles. The average Bonchev–Trinajstić information content (AvgIpc) is 2.69. The smallest absolute Gasteiger partial charge is 0.260 e. The summed E-state index contributed by atoms with van der Waals surface area (Å²) in [6, 6.07) is 7.29. The molecule has 0 N–H and O–H groups in total. The third-order valence-electron chi connectivity index (χ3n) is 4.62. The van der Waals surface area contributed by atoms with E-state index in [4.69, 9.17) is 0 Å². The molecule has 0 unspecified atom stereocenters. The quantitative estimate of drug-likeness (QED) is 0.261. The average molecular weight is 454 g/mol. The second kappa shape index (κ2) is 9.89. The topological polar surface area (TPSA) is 9.23 Å². The Morgan fingerprint density at radius 3 is 1.91 bits per heavy atom. The van der Waals surface area contributed by atoms with Crippen molar-refractivity contribution >= 4 is 0 Å². The Bertz CT molecular complexity index is 1110. The lowest BCUT2D eigenvalue weighted by Crippen LogP contribution is -1.98. The van der Waals surface area contributed by atoms with Crippen LogP contribution in [0.1, 0.15) is 18.9 Å². The zero-order valence-corrected chi connectivity index (χ0v) is 16.7. The lowest BCUT2D eigenvalue weighted by Gasteiger charge is -2.12. The van der Waals surface area contributed by atoms with Crippen LogP contribution in [0.25, 0.3) is 22.3 Å². The van der Waals surface area contributed by atoms with Gasteiger partial charge >= 0.3 is 0 Å². The predicted molar refractivity (Wildman–Crippen MR) is 107 cm³/mol. The number of halogens is 7. The van der Waals surface area contributed by atoms with Crippen molar-refractivity contribution in [2.45, 2.75) is 26.2 Å². The van der Waals surface area contributed by atoms with Gasteiger partial charge in [0.25, 0.3) is 6.43 Å². The maximum Gasteiger partial charge on any atom is 0.260 e. The molecule has 0 aliphatic heterocycles. The summed E-state index contributed by atoms with van der Waals surface area (Å²) in [7, 11) is 0. The van der Waals surface area contributed by atoms with Crippen LogP contribution in [0.3, 0.4) is 0 Å². The number of rotatable bonds is 7. The minimum Gasteiger partial charge on any atom is -0.459 e. The molecule has 1 nitrogen and oxygen atoms in total. The van der Waals surface area contributed by atoms with Crippen LogP contribution in [0.4, 0.5) is 30.7 Å². The van der Waals surface area contributed by atoms with Crippen LogP contribution in [0, 0.1) is 29.1 Å². The van der Waals surface area contributed by atoms with Gasteiger partial charge in [0.2, 0.25) is 0 Å². The second-order valence-electron chi connectivity index (χ2n) is 6.93. The third-order valence-corrected chi connectivity index (χ3v) is 4.62. The minimum atomic E-state index is -2.89. The summed E-state index contributed by atoms with van der Waals surface area (Å²) in [6.07, 6.45) is -0.778. The first-order chi connectivity index (χ1) is 15.2. The van der Waals surface area contributed by atoms with Gasteiger partial charge in [0.1, 0.15) is 17.5 Å². The fourth-order valence-corrected chi connectivity index (χ4v) is 3.22. The first kappa shape index (κ1) is 23.4. The number of allylic oxidation sites excluding steroid dienone is 1. The molecule has 0 aliphatic rings. The fourth-order valence-electron chi connectivity index (χ4n) is 3.22. The molecule has 3 aromatic carbocycles. The van der Waals surface area contributed by atoms with E-state index < -0.39 is 52.4 Å². The molecule has 0 aromatic heterocycles. The number of aryl methyl sites for hydroxylation is 1. The van der Waals surface area contributed by atoms with Crippen LogP contribution in [0.15, 0.2) is 54.8 Å². The van der Waals surface area contributed by atoms with Crippen LogP contribution in [-0.4, -0.2) is 6.43 Å². The summed E-state index contributed by atoms with van der Waals surface area (Å²) >= 11 is 0. The van der Waals surface area contributed by atoms with Crippen molar-refractivity contribution in [1.29, 1.82) is 0 Å². The van der Waals surface area contributed by atoms with Crippen molar-refractivity contribution in [2.75, 3.05) is 0 Å². The highest BCUT2D eigenvalue weighted by molar-refractivity contribution is 5.72. The monoisotopic (exact) mass is 454 g/mol. The van der Waals surface area contributed by atoms with E-state index in [0.29, 0.717) is 24.8 Å². The highest BCUT2D eigenvalue weighted by Gasteiger charge is 2.20. The van der Waals surface area contributed by atoms with Gasteiger partial charge in [-0.05, 0) is 53.4 Å². The SMILES string of the molecule is CCCc1ccc(-c2cc(F)c(-c3cc(F)c(OC=CC(F)F)c(F)c3)c(F)c2)c(F)c1. The van der Waals surface area contributed by atoms with Gasteiger partial charge in [0, 0.05) is 11.6 Å². The Kier molecular flexibility index (Phi) is 7.22. The lowest BCUT2D eigenvalue weighted by molar-refractivity contribution is 0.200. The number of hydrogen-bond acceptors (Lipinski definition) is 1. The van der Waals surface area contributed by atoms with E-state index in [-0.39, 0.29) is 17.2 Å². The number of benzene rings is 3. The van der Waals surface area contributed by atoms with Crippen LogP contribution in [-0.2, 0) is 6.42 Å². The Morgan fingerprint density at radius 1 is 0.781 bits per heavy atom. The zero-order valence-electron chi connectivity index (χ0n) is 16.7. The van der Waals surface area contributed by atoms with Crippen molar-refractivity contribution in [3.63, 3.8) is 0 Å². The van der Waals surface area contributed by atoms with Crippen molar-refractivity contribution in [1.82, 2.24) is 0 Å². The van der Waals surface area contributed by atoms with Gasteiger partial charge in [0.05, 0.1) is 11.8 Å². The molecule has 3 aromatic rings. The zero-order chi connectivity index (χ0) is 23.4. The Balaban J connectivity index is 1.98. The summed E-state index contributed by atoms with van der Waals surface area (Å²) in [6.45, 7) is 1.93. The molecule has 0 fully saturated rings. The molecule has 0 amide bonds. The van der Waals surface area contributed by atoms with E-state index in [9.17, 15) is 30.7 Å². The second-order valence-corrected chi connectivity index (χ2v) is 6.93. The summed E-state index contributed by atoms with van der Waals surface area (Å²) in [5.41, 5.74) is -0.582. The summed E-state index contributed by atoms with van der Waals surface area (Å²) in [5.74, 6) is -6.68. The van der Waals surface area contributed by atoms with Crippen LogP contribution < -0.4 is 4.74 Å². The molecule has 0 radical (unpaired) electrons. The molecule has 3 rings (SSSR count). The van der Waals surface area contributed by atoms with Gasteiger partial charge in [-0.1, -0.05) is 25.5 Å². The van der Waals surface area contributed by atoms with E-state index in [1.165, 1.54) is 12.1 Å². The summed E-state index contributed by atoms with van der Waals surface area (Å²) in [4.78, 5) is 0. The van der Waals surface area contributed by atoms with E-state index in [1.54, 1.807) is 6.07 Å². The van der Waals surface area contributed by atoms with Gasteiger partial charge in [0.15, 0.2) is 17.4 Å². The van der Waals surface area contributed by atoms with Crippen molar-refractivity contribution in [2.24, 2.45) is 0 Å². The van der Waals surface area contributed by atoms with Crippen molar-refractivity contribution < 1.29 is 35.5 Å². The Hall–Kier alpha value is -3.29. The fraction of sp³-hybridized carbons (Fsp3) is 0.167. The van der Waals surface area contributed by atoms with Gasteiger partial charge in [-0.25, -0.2) is 30.7 Å². The van der Waals surface area contributed by atoms with E-state index >= 15 is 0 Å². The Morgan fingerprint density at radius 2 is 1.38 bits per heavy atom. The van der Waals surface area contributed by atoms with Crippen LogP contribution >= 0.6 is 0 Å². The van der Waals surface area contributed by atoms with E-state index in [1.807, 2.05) is 6.92 Å². The molecule has 0 saturated heterocycles. The molecule has 0 aliphatic carbocycles. The molecule has 8 heteroatoms. The summed E-state index contributed by atoms with van der Waals surface area (Å²) in [5, 5.41) is 0. The molecule has 0 spiro atoms. The highest BCUT2D eigenvalue weighted by Crippen LogP contribution is 2.35. The van der Waals surface area contributed by atoms with Gasteiger partial charge in [-0.3, -0.25) is 0 Å². The normalized spacial score (nSPS) is 11.5. The molecular weight excluding hydrogens is 437 g/mol. The molecule has 0 bridgehead atoms. The molecular formula is C24H17F7O. The predicted octanol–water partition coefficient (Wildman–Crippen LogP) is 7.83. The molecule has 0 heterocycles. The van der Waals surface area contributed by atoms with Crippen molar-refractivity contribution in [3.05, 3.63) is 89.5 Å². The maximum absolute atomic E-state index is 14.7. The molecule has 168 valence electrons. The van der Waals surface area contributed by atoms with E-state index in [2.05, 4.69) is 4.74 Å². The van der Waals surface area contributed by atoms with E-state index in [0.717, 1.165) is 24.1 Å². The maximum atomic E-state index is 14.7. The molecule has 32 heavy (non-hydrogen) atoms. The van der Waals surface area contributed by atoms with Gasteiger partial charge in [-0.15, -0.1) is 0 Å². The van der Waals surface area contributed by atoms with Gasteiger partial charge < -0.3 is 4.74 Å². The third kappa shape index (κ3) is 5.12. The van der Waals surface area contributed by atoms with Crippen LogP contribution in [0.5, 0.6) is 5.75 Å². The lowest BCUT2D eigenvalue weighted by atomic mass is 9.97. The molecule has 0 atom stereocenters. The van der Waals surface area contributed by atoms with Crippen LogP contribution in [0.2, 0.25) is 0 Å². The number of hydrogen-bond donors (Lipinski definition) is 0. The first-order valence-corrected chi connectivity index (χ1v) is 9.60. The standard InChI is InChI=1S/C24H17F7O/c1-2-3-13-4-5-16(17(25)8-13)14-9-18(26)23(19(27)10-14)15-11-20(28)24(21(29)12-15)32-7-6-22(30)31/h4-12,22H,2-3H2,1H3. The van der Waals surface area contributed by atoms with Gasteiger partial charge in [-0.2, -0.15) is 0 Å². The highest BCUT2D eigenvalue weighted by atomic mass is 19.3. The first-order valence-electron chi connectivity index (χ1n) is 9.60. The number of alkyl halides is 2. The summed E-state index contributed by atoms with van der Waals surface area (Å²) < 4.78 is 101. The number of ether oxygens (including phenoxy) is 1. The Labute approximate surface area is 179 Å².